The van der Waals surface area contributed by atoms with Gasteiger partial charge in [0, 0.05) is 13.1 Å². The van der Waals surface area contributed by atoms with Gasteiger partial charge in [-0.3, -0.25) is 4.79 Å². The molecule has 1 heterocycles. The molecular weight excluding hydrogens is 289 g/mol. The van der Waals surface area contributed by atoms with Gasteiger partial charge in [-0.25, -0.2) is 4.79 Å². The molecule has 1 rings (SSSR count). The topological polar surface area (TPSA) is 58.6 Å². The van der Waals surface area contributed by atoms with Crippen LogP contribution in [0.3, 0.4) is 0 Å². The van der Waals surface area contributed by atoms with E-state index in [2.05, 4.69) is 10.1 Å². The van der Waals surface area contributed by atoms with Crippen LogP contribution in [0, 0.1) is 11.3 Å². The Kier molecular flexibility index (Phi) is 5.11. The highest BCUT2D eigenvalue weighted by Gasteiger charge is 2.40. The molecule has 0 saturated carbocycles. The van der Waals surface area contributed by atoms with Crippen LogP contribution in [0.5, 0.6) is 0 Å². The molecule has 8 heteroatoms. The van der Waals surface area contributed by atoms with E-state index in [0.29, 0.717) is 19.0 Å². The summed E-state index contributed by atoms with van der Waals surface area (Å²) in [5.74, 6) is -0.0114. The molecule has 0 bridgehead atoms. The Labute approximate surface area is 121 Å². The second-order valence-electron chi connectivity index (χ2n) is 6.11. The lowest BCUT2D eigenvalue weighted by Gasteiger charge is -2.22. The van der Waals surface area contributed by atoms with Crippen LogP contribution in [-0.2, 0) is 9.53 Å². The van der Waals surface area contributed by atoms with Crippen molar-refractivity contribution in [1.82, 2.24) is 10.2 Å². The molecule has 2 atom stereocenters. The Hall–Kier alpha value is -1.47. The maximum atomic E-state index is 12.2. The molecule has 21 heavy (non-hydrogen) atoms. The third-order valence-corrected chi connectivity index (χ3v) is 3.91. The number of carbonyl (C=O) groups excluding carboxylic acids is 2. The highest BCUT2D eigenvalue weighted by Crippen LogP contribution is 2.34. The molecular formula is C13H21F3N2O3. The van der Waals surface area contributed by atoms with Gasteiger partial charge < -0.3 is 15.0 Å². The average Bonchev–Trinajstić information content (AvgIpc) is 2.59. The van der Waals surface area contributed by atoms with Crippen molar-refractivity contribution in [1.29, 1.82) is 0 Å². The van der Waals surface area contributed by atoms with Crippen molar-refractivity contribution >= 4 is 12.0 Å². The number of likely N-dealkylation sites (tertiary alicyclic amines) is 1. The molecule has 0 aromatic carbocycles. The van der Waals surface area contributed by atoms with Gasteiger partial charge in [-0.2, -0.15) is 13.2 Å². The van der Waals surface area contributed by atoms with Gasteiger partial charge in [0.05, 0.1) is 0 Å². The zero-order valence-electron chi connectivity index (χ0n) is 12.6. The van der Waals surface area contributed by atoms with Crippen molar-refractivity contribution in [2.24, 2.45) is 11.3 Å². The van der Waals surface area contributed by atoms with Gasteiger partial charge in [0.15, 0.2) is 6.10 Å². The lowest BCUT2D eigenvalue weighted by Crippen LogP contribution is -2.42. The predicted octanol–water partition coefficient (Wildman–Crippen LogP) is 2.17. The zero-order valence-corrected chi connectivity index (χ0v) is 12.6. The summed E-state index contributed by atoms with van der Waals surface area (Å²) < 4.78 is 40.8. The molecule has 0 aromatic heterocycles. The fraction of sp³-hybridized carbons (Fsp3) is 0.846. The van der Waals surface area contributed by atoms with Crippen LogP contribution in [-0.4, -0.2) is 48.8 Å². The number of ether oxygens (including phenoxy) is 1. The average molecular weight is 310 g/mol. The first-order valence-corrected chi connectivity index (χ1v) is 6.72. The summed E-state index contributed by atoms with van der Waals surface area (Å²) in [6.07, 6.45) is -8.08. The van der Waals surface area contributed by atoms with Crippen molar-refractivity contribution in [3.63, 3.8) is 0 Å². The molecule has 1 fully saturated rings. The molecule has 1 N–H and O–H groups in total. The number of hydrogen-bond acceptors (Lipinski definition) is 3. The van der Waals surface area contributed by atoms with E-state index < -0.39 is 18.4 Å². The van der Waals surface area contributed by atoms with Gasteiger partial charge in [0.1, 0.15) is 6.54 Å². The smallest absolute Gasteiger partial charge is 0.425 e. The SMILES string of the molecule is CC(OC(=O)NCC(=O)N1CC(C)C(C)(C)C1)C(F)(F)F. The summed E-state index contributed by atoms with van der Waals surface area (Å²) in [4.78, 5) is 24.7. The number of carbonyl (C=O) groups is 2. The molecule has 0 aromatic rings. The summed E-state index contributed by atoms with van der Waals surface area (Å²) in [6.45, 7) is 7.60. The molecule has 5 nitrogen and oxygen atoms in total. The fourth-order valence-corrected chi connectivity index (χ4v) is 2.01. The number of nitrogens with zero attached hydrogens (tertiary/aromatic N) is 1. The third-order valence-electron chi connectivity index (χ3n) is 3.91. The van der Waals surface area contributed by atoms with Crippen LogP contribution in [0.4, 0.5) is 18.0 Å². The second kappa shape index (κ2) is 6.11. The first-order valence-electron chi connectivity index (χ1n) is 6.72. The van der Waals surface area contributed by atoms with Gasteiger partial charge >= 0.3 is 12.3 Å². The van der Waals surface area contributed by atoms with E-state index in [4.69, 9.17) is 0 Å². The number of rotatable bonds is 3. The number of nitrogens with one attached hydrogen (secondary N) is 1. The molecule has 2 amide bonds. The molecule has 1 saturated heterocycles. The quantitative estimate of drug-likeness (QED) is 0.869. The van der Waals surface area contributed by atoms with E-state index in [1.54, 1.807) is 4.90 Å². The molecule has 0 radical (unpaired) electrons. The molecule has 2 unspecified atom stereocenters. The Morgan fingerprint density at radius 3 is 2.43 bits per heavy atom. The highest BCUT2D eigenvalue weighted by molar-refractivity contribution is 5.82. The fourth-order valence-electron chi connectivity index (χ4n) is 2.01. The Balaban J connectivity index is 2.39. The molecule has 1 aliphatic rings. The predicted molar refractivity (Wildman–Crippen MR) is 69.5 cm³/mol. The lowest BCUT2D eigenvalue weighted by molar-refractivity contribution is -0.197. The summed E-state index contributed by atoms with van der Waals surface area (Å²) in [7, 11) is 0. The maximum Gasteiger partial charge on any atom is 0.425 e. The molecule has 122 valence electrons. The third kappa shape index (κ3) is 4.78. The van der Waals surface area contributed by atoms with Crippen molar-refractivity contribution in [3.8, 4) is 0 Å². The molecule has 1 aliphatic heterocycles. The summed E-state index contributed by atoms with van der Waals surface area (Å²) in [5, 5.41) is 2.05. The Morgan fingerprint density at radius 1 is 1.43 bits per heavy atom. The molecule has 0 aliphatic carbocycles. The van der Waals surface area contributed by atoms with E-state index in [1.165, 1.54) is 0 Å². The van der Waals surface area contributed by atoms with Crippen LogP contribution < -0.4 is 5.32 Å². The van der Waals surface area contributed by atoms with Gasteiger partial charge in [0.2, 0.25) is 5.91 Å². The summed E-state index contributed by atoms with van der Waals surface area (Å²) in [6, 6.07) is 0. The minimum absolute atomic E-state index is 0.0129. The van der Waals surface area contributed by atoms with E-state index in [1.807, 2.05) is 20.8 Å². The first-order chi connectivity index (χ1) is 9.43. The number of halogens is 3. The number of alkyl carbamates (subject to hydrolysis) is 1. The van der Waals surface area contributed by atoms with Crippen LogP contribution in [0.25, 0.3) is 0 Å². The van der Waals surface area contributed by atoms with Crippen LogP contribution in [0.1, 0.15) is 27.7 Å². The van der Waals surface area contributed by atoms with Crippen LogP contribution >= 0.6 is 0 Å². The Morgan fingerprint density at radius 2 is 2.00 bits per heavy atom. The van der Waals surface area contributed by atoms with Crippen molar-refractivity contribution in [2.75, 3.05) is 19.6 Å². The highest BCUT2D eigenvalue weighted by atomic mass is 19.4. The summed E-state index contributed by atoms with van der Waals surface area (Å²) in [5.41, 5.74) is -0.0129. The minimum atomic E-state index is -4.62. The van der Waals surface area contributed by atoms with E-state index in [-0.39, 0.29) is 17.9 Å². The first kappa shape index (κ1) is 17.6. The van der Waals surface area contributed by atoms with Gasteiger partial charge in [-0.1, -0.05) is 20.8 Å². The van der Waals surface area contributed by atoms with E-state index in [0.717, 1.165) is 6.92 Å². The number of amides is 2. The minimum Gasteiger partial charge on any atom is -0.437 e. The second-order valence-corrected chi connectivity index (χ2v) is 6.11. The number of alkyl halides is 3. The summed E-state index contributed by atoms with van der Waals surface area (Å²) >= 11 is 0. The maximum absolute atomic E-state index is 12.2. The van der Waals surface area contributed by atoms with Crippen molar-refractivity contribution in [2.45, 2.75) is 40.0 Å². The van der Waals surface area contributed by atoms with Gasteiger partial charge in [-0.15, -0.1) is 0 Å². The van der Waals surface area contributed by atoms with Crippen molar-refractivity contribution < 1.29 is 27.5 Å². The molecule has 0 spiro atoms. The standard InChI is InChI=1S/C13H21F3N2O3/c1-8-6-18(7-12(8,3)4)10(19)5-17-11(20)21-9(2)13(14,15)16/h8-9H,5-7H2,1-4H3,(H,17,20). The van der Waals surface area contributed by atoms with E-state index >= 15 is 0 Å². The normalized spacial score (nSPS) is 22.8. The van der Waals surface area contributed by atoms with Crippen molar-refractivity contribution in [3.05, 3.63) is 0 Å². The largest absolute Gasteiger partial charge is 0.437 e. The van der Waals surface area contributed by atoms with Gasteiger partial charge in [-0.05, 0) is 18.3 Å². The Bertz CT molecular complexity index is 410. The van der Waals surface area contributed by atoms with E-state index in [9.17, 15) is 22.8 Å². The van der Waals surface area contributed by atoms with Crippen LogP contribution in [0.15, 0.2) is 0 Å². The number of hydrogen-bond donors (Lipinski definition) is 1. The lowest BCUT2D eigenvalue weighted by atomic mass is 9.84. The monoisotopic (exact) mass is 310 g/mol. The van der Waals surface area contributed by atoms with Gasteiger partial charge in [0.25, 0.3) is 0 Å². The zero-order chi connectivity index (χ0) is 16.4. The van der Waals surface area contributed by atoms with Crippen LogP contribution in [0.2, 0.25) is 0 Å².